The molecule has 2 nitrogen and oxygen atoms in total. The van der Waals surface area contributed by atoms with Crippen molar-refractivity contribution in [3.63, 3.8) is 0 Å². The van der Waals surface area contributed by atoms with Gasteiger partial charge in [-0.2, -0.15) is 0 Å². The van der Waals surface area contributed by atoms with Gasteiger partial charge in [0.1, 0.15) is 0 Å². The van der Waals surface area contributed by atoms with Gasteiger partial charge in [-0.25, -0.2) is 0 Å². The molecule has 1 N–H and O–H groups in total. The number of hydrogen-bond acceptors (Lipinski definition) is 2. The number of hydrogen-bond donors (Lipinski definition) is 1. The molecular formula is C13H16Cl2O2. The van der Waals surface area contributed by atoms with Crippen molar-refractivity contribution in [1.82, 2.24) is 0 Å². The highest BCUT2D eigenvalue weighted by atomic mass is 35.5. The molecule has 0 amide bonds. The second kappa shape index (κ2) is 5.15. The highest BCUT2D eigenvalue weighted by Crippen LogP contribution is 2.33. The van der Waals surface area contributed by atoms with Gasteiger partial charge in [0.2, 0.25) is 0 Å². The van der Waals surface area contributed by atoms with Gasteiger partial charge in [0.05, 0.1) is 12.2 Å². The van der Waals surface area contributed by atoms with Gasteiger partial charge in [0.25, 0.3) is 0 Å². The molecule has 1 aromatic carbocycles. The molecule has 2 unspecified atom stereocenters. The minimum absolute atomic E-state index is 0.148. The molecule has 0 aromatic heterocycles. The Morgan fingerprint density at radius 2 is 2.06 bits per heavy atom. The summed E-state index contributed by atoms with van der Waals surface area (Å²) in [5.41, 5.74) is -0.0155. The quantitative estimate of drug-likeness (QED) is 0.916. The zero-order valence-electron chi connectivity index (χ0n) is 9.75. The highest BCUT2D eigenvalue weighted by Gasteiger charge is 2.35. The summed E-state index contributed by atoms with van der Waals surface area (Å²) in [4.78, 5) is 0. The van der Waals surface area contributed by atoms with Gasteiger partial charge >= 0.3 is 0 Å². The monoisotopic (exact) mass is 274 g/mol. The summed E-state index contributed by atoms with van der Waals surface area (Å²) in [6.07, 6.45) is 1.34. The molecule has 1 saturated heterocycles. The normalized spacial score (nSPS) is 23.6. The zero-order chi connectivity index (χ0) is 12.5. The first-order valence-electron chi connectivity index (χ1n) is 5.74. The lowest BCUT2D eigenvalue weighted by Crippen LogP contribution is -2.37. The van der Waals surface area contributed by atoms with Crippen molar-refractivity contribution >= 4 is 23.2 Å². The first kappa shape index (κ1) is 13.2. The van der Waals surface area contributed by atoms with E-state index >= 15 is 0 Å². The van der Waals surface area contributed by atoms with E-state index < -0.39 is 5.60 Å². The maximum Gasteiger partial charge on any atom is 0.0711 e. The molecule has 2 rings (SSSR count). The molecule has 1 fully saturated rings. The summed E-state index contributed by atoms with van der Waals surface area (Å²) in [5.74, 6) is 0.148. The maximum atomic E-state index is 10.5. The molecule has 0 spiro atoms. The third-order valence-corrected chi connectivity index (χ3v) is 4.11. The van der Waals surface area contributed by atoms with Gasteiger partial charge in [-0.15, -0.1) is 0 Å². The fourth-order valence-corrected chi connectivity index (χ4v) is 2.76. The van der Waals surface area contributed by atoms with Gasteiger partial charge < -0.3 is 9.84 Å². The van der Waals surface area contributed by atoms with E-state index in [-0.39, 0.29) is 5.92 Å². The van der Waals surface area contributed by atoms with E-state index in [0.717, 1.165) is 18.6 Å². The SMILES string of the molecule is CC(O)(Cc1c(Cl)cccc1Cl)C1CCOC1. The fraction of sp³-hybridized carbons (Fsp3) is 0.538. The predicted molar refractivity (Wildman–Crippen MR) is 69.7 cm³/mol. The smallest absolute Gasteiger partial charge is 0.0711 e. The molecule has 1 aliphatic heterocycles. The van der Waals surface area contributed by atoms with Crippen molar-refractivity contribution in [3.8, 4) is 0 Å². The molecule has 2 atom stereocenters. The molecule has 4 heteroatoms. The van der Waals surface area contributed by atoms with Gasteiger partial charge in [0.15, 0.2) is 0 Å². The Morgan fingerprint density at radius 1 is 1.41 bits per heavy atom. The standard InChI is InChI=1S/C13H16Cl2O2/c1-13(16,9-5-6-17-8-9)7-10-11(14)3-2-4-12(10)15/h2-4,9,16H,5-8H2,1H3. The molecule has 0 saturated carbocycles. The van der Waals surface area contributed by atoms with Crippen LogP contribution in [0.3, 0.4) is 0 Å². The van der Waals surface area contributed by atoms with E-state index in [1.165, 1.54) is 0 Å². The Morgan fingerprint density at radius 3 is 2.59 bits per heavy atom. The Hall–Kier alpha value is -0.280. The summed E-state index contributed by atoms with van der Waals surface area (Å²) in [6, 6.07) is 5.40. The Kier molecular flexibility index (Phi) is 3.99. The van der Waals surface area contributed by atoms with Crippen LogP contribution >= 0.6 is 23.2 Å². The Bertz CT molecular complexity index is 378. The van der Waals surface area contributed by atoms with Crippen LogP contribution in [-0.4, -0.2) is 23.9 Å². The average Bonchev–Trinajstić information content (AvgIpc) is 2.77. The minimum Gasteiger partial charge on any atom is -0.389 e. The van der Waals surface area contributed by atoms with E-state index in [2.05, 4.69) is 0 Å². The Balaban J connectivity index is 2.19. The highest BCUT2D eigenvalue weighted by molar-refractivity contribution is 6.36. The second-order valence-corrected chi connectivity index (χ2v) is 5.61. The third-order valence-electron chi connectivity index (χ3n) is 3.41. The number of ether oxygens (including phenoxy) is 1. The molecule has 1 heterocycles. The topological polar surface area (TPSA) is 29.5 Å². The molecule has 17 heavy (non-hydrogen) atoms. The summed E-state index contributed by atoms with van der Waals surface area (Å²) < 4.78 is 5.32. The van der Waals surface area contributed by atoms with E-state index in [4.69, 9.17) is 27.9 Å². The van der Waals surface area contributed by atoms with Crippen LogP contribution in [0.5, 0.6) is 0 Å². The third kappa shape index (κ3) is 2.94. The van der Waals surface area contributed by atoms with E-state index in [1.54, 1.807) is 12.1 Å². The fourth-order valence-electron chi connectivity index (χ4n) is 2.23. The lowest BCUT2D eigenvalue weighted by molar-refractivity contribution is -0.00451. The van der Waals surface area contributed by atoms with Crippen LogP contribution in [0, 0.1) is 5.92 Å². The van der Waals surface area contributed by atoms with Crippen molar-refractivity contribution in [1.29, 1.82) is 0 Å². The van der Waals surface area contributed by atoms with Crippen LogP contribution in [0.1, 0.15) is 18.9 Å². The van der Waals surface area contributed by atoms with Crippen LogP contribution in [0.4, 0.5) is 0 Å². The van der Waals surface area contributed by atoms with Crippen molar-refractivity contribution in [2.24, 2.45) is 5.92 Å². The summed E-state index contributed by atoms with van der Waals surface area (Å²) in [7, 11) is 0. The van der Waals surface area contributed by atoms with Crippen molar-refractivity contribution < 1.29 is 9.84 Å². The number of benzene rings is 1. The summed E-state index contributed by atoms with van der Waals surface area (Å²) >= 11 is 12.2. The van der Waals surface area contributed by atoms with Crippen LogP contribution in [0.2, 0.25) is 10.0 Å². The average molecular weight is 275 g/mol. The van der Waals surface area contributed by atoms with Crippen LogP contribution < -0.4 is 0 Å². The molecule has 1 aromatic rings. The maximum absolute atomic E-state index is 10.5. The van der Waals surface area contributed by atoms with Crippen LogP contribution in [-0.2, 0) is 11.2 Å². The summed E-state index contributed by atoms with van der Waals surface area (Å²) in [6.45, 7) is 3.15. The summed E-state index contributed by atoms with van der Waals surface area (Å²) in [5, 5.41) is 11.7. The molecule has 1 aliphatic rings. The molecule has 0 bridgehead atoms. The van der Waals surface area contributed by atoms with Gasteiger partial charge in [0, 0.05) is 29.0 Å². The first-order valence-corrected chi connectivity index (χ1v) is 6.49. The van der Waals surface area contributed by atoms with Gasteiger partial charge in [-0.3, -0.25) is 0 Å². The van der Waals surface area contributed by atoms with Crippen molar-refractivity contribution in [3.05, 3.63) is 33.8 Å². The minimum atomic E-state index is -0.828. The number of halogens is 2. The van der Waals surface area contributed by atoms with E-state index in [0.29, 0.717) is 23.1 Å². The first-order chi connectivity index (χ1) is 8.00. The van der Waals surface area contributed by atoms with Gasteiger partial charge in [-0.05, 0) is 31.0 Å². The lowest BCUT2D eigenvalue weighted by Gasteiger charge is -2.29. The number of rotatable bonds is 3. The van der Waals surface area contributed by atoms with Crippen molar-refractivity contribution in [2.45, 2.75) is 25.4 Å². The van der Waals surface area contributed by atoms with Crippen LogP contribution in [0.25, 0.3) is 0 Å². The Labute approximate surface area is 111 Å². The van der Waals surface area contributed by atoms with Crippen molar-refractivity contribution in [2.75, 3.05) is 13.2 Å². The van der Waals surface area contributed by atoms with E-state index in [1.807, 2.05) is 13.0 Å². The molecular weight excluding hydrogens is 259 g/mol. The van der Waals surface area contributed by atoms with E-state index in [9.17, 15) is 5.11 Å². The molecule has 94 valence electrons. The number of aliphatic hydroxyl groups is 1. The molecule has 0 radical (unpaired) electrons. The van der Waals surface area contributed by atoms with Crippen LogP contribution in [0.15, 0.2) is 18.2 Å². The lowest BCUT2D eigenvalue weighted by atomic mass is 9.83. The molecule has 0 aliphatic carbocycles. The zero-order valence-corrected chi connectivity index (χ0v) is 11.3. The van der Waals surface area contributed by atoms with Gasteiger partial charge in [-0.1, -0.05) is 29.3 Å². The predicted octanol–water partition coefficient (Wildman–Crippen LogP) is 3.32. The second-order valence-electron chi connectivity index (χ2n) is 4.79. The largest absolute Gasteiger partial charge is 0.389 e.